The van der Waals surface area contributed by atoms with Gasteiger partial charge in [-0.05, 0) is 332 Å². The van der Waals surface area contributed by atoms with Crippen LogP contribution in [0.5, 0.6) is 0 Å². The van der Waals surface area contributed by atoms with Crippen molar-refractivity contribution in [3.05, 3.63) is 70.8 Å². The fourth-order valence-corrected chi connectivity index (χ4v) is 28.2. The maximum Gasteiger partial charge on any atom is -0.00260 e. The summed E-state index contributed by atoms with van der Waals surface area (Å²) in [6, 6.07) is 23.2. The van der Waals surface area contributed by atoms with Gasteiger partial charge in [0.2, 0.25) is 0 Å². The Morgan fingerprint density at radius 1 is 0.250 bits per heavy atom. The second-order valence-electron chi connectivity index (χ2n) is 33.9. The number of benzene rings is 5. The Balaban J connectivity index is 0.981. The largest absolute Gasteiger partial charge is 0.0596 e. The summed E-state index contributed by atoms with van der Waals surface area (Å²) in [6.07, 6.45) is 34.5. The first kappa shape index (κ1) is 40.9. The number of fused-ring (bicyclic) bond motifs is 2. The monoisotopic (exact) mass is 901 g/mol. The highest BCUT2D eigenvalue weighted by atomic mass is 14.7. The van der Waals surface area contributed by atoms with E-state index in [9.17, 15) is 0 Å². The first-order chi connectivity index (χ1) is 32.0. The molecule has 5 aromatic carbocycles. The van der Waals surface area contributed by atoms with Gasteiger partial charge < -0.3 is 0 Å². The highest BCUT2D eigenvalue weighted by molar-refractivity contribution is 6.33. The van der Waals surface area contributed by atoms with Gasteiger partial charge in [-0.15, -0.1) is 0 Å². The van der Waals surface area contributed by atoms with Crippen molar-refractivity contribution in [2.24, 2.45) is 67.0 Å². The van der Waals surface area contributed by atoms with E-state index in [4.69, 9.17) is 0 Å². The van der Waals surface area contributed by atoms with Gasteiger partial charge in [0.05, 0.1) is 0 Å². The summed E-state index contributed by atoms with van der Waals surface area (Å²) in [7, 11) is 0. The van der Waals surface area contributed by atoms with Crippen LogP contribution >= 0.6 is 0 Å². The molecule has 16 atom stereocenters. The smallest absolute Gasteiger partial charge is 0.00260 e. The first-order valence-corrected chi connectivity index (χ1v) is 29.2. The van der Waals surface area contributed by atoms with Crippen LogP contribution in [0.2, 0.25) is 0 Å². The van der Waals surface area contributed by atoms with Crippen LogP contribution in [0.1, 0.15) is 232 Å². The summed E-state index contributed by atoms with van der Waals surface area (Å²) in [5.74, 6) is 3.58. The lowest BCUT2D eigenvalue weighted by Crippen LogP contribution is -2.57. The van der Waals surface area contributed by atoms with Crippen LogP contribution in [-0.2, 0) is 21.7 Å². The Labute approximate surface area is 410 Å². The molecule has 5 aromatic rings. The third-order valence-electron chi connectivity index (χ3n) is 25.6. The fraction of sp³-hybridized carbons (Fsp3) is 0.706. The number of hydrogen-bond donors (Lipinski definition) is 0. The summed E-state index contributed by atoms with van der Waals surface area (Å²) in [5.41, 5.74) is 12.1. The fourth-order valence-electron chi connectivity index (χ4n) is 28.2. The van der Waals surface area contributed by atoms with Gasteiger partial charge in [0.1, 0.15) is 0 Å². The Bertz CT molecular complexity index is 2650. The molecule has 0 heterocycles. The van der Waals surface area contributed by atoms with E-state index in [0.29, 0.717) is 65.0 Å². The lowest BCUT2D eigenvalue weighted by Gasteiger charge is -2.66. The van der Waals surface area contributed by atoms with Crippen molar-refractivity contribution in [3.63, 3.8) is 0 Å². The molecule has 0 heteroatoms. The summed E-state index contributed by atoms with van der Waals surface area (Å²) >= 11 is 0. The molecule has 0 saturated heterocycles. The molecule has 0 spiro atoms. The van der Waals surface area contributed by atoms with Crippen molar-refractivity contribution in [1.82, 2.24) is 0 Å². The van der Waals surface area contributed by atoms with E-state index in [0.717, 1.165) is 23.7 Å². The third kappa shape index (κ3) is 5.22. The van der Waals surface area contributed by atoms with Gasteiger partial charge in [-0.3, -0.25) is 0 Å². The van der Waals surface area contributed by atoms with Crippen molar-refractivity contribution >= 4 is 43.1 Å². The minimum Gasteiger partial charge on any atom is -0.0596 e. The molecule has 16 fully saturated rings. The predicted octanol–water partition coefficient (Wildman–Crippen LogP) is 18.7. The van der Waals surface area contributed by atoms with Gasteiger partial charge in [0.25, 0.3) is 0 Å². The molecule has 0 aromatic heterocycles. The molecule has 0 aliphatic heterocycles. The zero-order valence-corrected chi connectivity index (χ0v) is 43.9. The van der Waals surface area contributed by atoms with E-state index < -0.39 is 0 Å². The maximum absolute atomic E-state index is 2.91. The Kier molecular flexibility index (Phi) is 6.98. The Hall–Kier alpha value is -2.60. The van der Waals surface area contributed by atoms with Crippen LogP contribution in [-0.4, -0.2) is 0 Å². The van der Waals surface area contributed by atoms with Gasteiger partial charge in [0, 0.05) is 0 Å². The number of hydrogen-bond acceptors (Lipinski definition) is 0. The van der Waals surface area contributed by atoms with Crippen LogP contribution in [0.4, 0.5) is 0 Å². The Morgan fingerprint density at radius 3 is 0.618 bits per heavy atom. The molecule has 16 bridgehead atoms. The predicted molar refractivity (Wildman–Crippen MR) is 284 cm³/mol. The average Bonchev–Trinajstić information content (AvgIpc) is 3.16. The average molecular weight is 901 g/mol. The molecule has 68 heavy (non-hydrogen) atoms. The van der Waals surface area contributed by atoms with Gasteiger partial charge in [-0.2, -0.15) is 0 Å². The van der Waals surface area contributed by atoms with E-state index in [2.05, 4.69) is 104 Å². The van der Waals surface area contributed by atoms with Crippen LogP contribution < -0.4 is 0 Å². The van der Waals surface area contributed by atoms with E-state index in [1.807, 2.05) is 0 Å². The van der Waals surface area contributed by atoms with Crippen molar-refractivity contribution in [2.45, 2.75) is 231 Å². The maximum atomic E-state index is 2.91. The SMILES string of the molecule is C[C@]12CC3CC(c4cc5cc(C67CC8C[C@@](C)(C6)C[C@](C)(C8)C7)cc6c7cc(C89CC%10C[C@@](C)(C8)C[C@](C)(C%10)C9)cc8cc(C9%10CC%11C[C@@](C)(C9)C[C@](C)(C%11)C%10)cc(c(c4)c56)c87)(C1)C[C@@](C)(C3)C2. The zero-order chi connectivity index (χ0) is 45.9. The molecule has 16 aliphatic carbocycles. The van der Waals surface area contributed by atoms with Crippen LogP contribution in [0, 0.1) is 67.0 Å². The molecule has 0 N–H and O–H groups in total. The minimum atomic E-state index is 0.306. The molecule has 21 rings (SSSR count). The Morgan fingerprint density at radius 2 is 0.441 bits per heavy atom. The zero-order valence-electron chi connectivity index (χ0n) is 43.9. The first-order valence-electron chi connectivity index (χ1n) is 29.2. The third-order valence-corrected chi connectivity index (χ3v) is 25.6. The van der Waals surface area contributed by atoms with Crippen molar-refractivity contribution in [2.75, 3.05) is 0 Å². The lowest BCUT2D eigenvalue weighted by molar-refractivity contribution is -0.110. The topological polar surface area (TPSA) is 0 Å². The molecular weight excluding hydrogens is 817 g/mol. The second kappa shape index (κ2) is 11.6. The van der Waals surface area contributed by atoms with Crippen molar-refractivity contribution < 1.29 is 0 Å². The molecule has 356 valence electrons. The molecule has 8 unspecified atom stereocenters. The molecule has 16 saturated carbocycles. The molecule has 0 radical (unpaired) electrons. The highest BCUT2D eigenvalue weighted by Gasteiger charge is 2.65. The number of rotatable bonds is 4. The van der Waals surface area contributed by atoms with Gasteiger partial charge in [-0.25, -0.2) is 0 Å². The van der Waals surface area contributed by atoms with E-state index in [1.54, 1.807) is 65.3 Å². The summed E-state index contributed by atoms with van der Waals surface area (Å²) in [5, 5.41) is 13.1. The normalized spacial score (nSPS) is 53.2. The quantitative estimate of drug-likeness (QED) is 0.125. The van der Waals surface area contributed by atoms with Gasteiger partial charge >= 0.3 is 0 Å². The molecule has 16 aliphatic rings. The minimum absolute atomic E-state index is 0.306. The van der Waals surface area contributed by atoms with Crippen LogP contribution in [0.25, 0.3) is 43.1 Å². The van der Waals surface area contributed by atoms with Gasteiger partial charge in [0.15, 0.2) is 0 Å². The second-order valence-corrected chi connectivity index (χ2v) is 33.9. The van der Waals surface area contributed by atoms with Crippen LogP contribution in [0.3, 0.4) is 0 Å². The van der Waals surface area contributed by atoms with E-state index >= 15 is 0 Å². The van der Waals surface area contributed by atoms with E-state index in [-0.39, 0.29) is 0 Å². The lowest BCUT2D eigenvalue weighted by atomic mass is 9.39. The van der Waals surface area contributed by atoms with Gasteiger partial charge in [-0.1, -0.05) is 79.7 Å². The van der Waals surface area contributed by atoms with Crippen molar-refractivity contribution in [1.29, 1.82) is 0 Å². The van der Waals surface area contributed by atoms with Crippen molar-refractivity contribution in [3.8, 4) is 0 Å². The standard InChI is InChI=1S/C68H84/c1-57-17-41-18-58(2,29-57)34-65(25-41,33-57)47-9-45-10-48(66-26-42-19-59(3,35-66)30-60(4,20-42)36-66)15-53-54-16-50(68-28-44-23-63(7,39-68)32-64(8,24-44)40-68)12-46-11-49(14-52(56(46)54)51(13-47)55(45)53)67-27-43-21-61(5,37-67)31-62(6,22-43)38-67/h9-16,41-44H,17-40H2,1-8H3/t41?,42?,43?,44?,57-,58+,59-,60+,61-,62+,63-,64+,65?,66?,67?,68?. The highest BCUT2D eigenvalue weighted by Crippen LogP contribution is 2.75. The molecular formula is C68H84. The summed E-state index contributed by atoms with van der Waals surface area (Å²) in [4.78, 5) is 0. The summed E-state index contributed by atoms with van der Waals surface area (Å²) in [6.45, 7) is 21.8. The molecule has 0 nitrogen and oxygen atoms in total. The van der Waals surface area contributed by atoms with E-state index in [1.165, 1.54) is 154 Å². The molecule has 0 amide bonds. The summed E-state index contributed by atoms with van der Waals surface area (Å²) < 4.78 is 0. The van der Waals surface area contributed by atoms with Crippen LogP contribution in [0.15, 0.2) is 48.5 Å².